The van der Waals surface area contributed by atoms with Crippen LogP contribution < -0.4 is 5.73 Å². The van der Waals surface area contributed by atoms with Crippen LogP contribution in [-0.2, 0) is 4.74 Å². The summed E-state index contributed by atoms with van der Waals surface area (Å²) < 4.78 is 5.41. The van der Waals surface area contributed by atoms with Gasteiger partial charge < -0.3 is 10.5 Å². The number of thioether (sulfide) groups is 1. The average molecular weight is 246 g/mol. The lowest BCUT2D eigenvalue weighted by Crippen LogP contribution is -2.61. The predicted octanol–water partition coefficient (Wildman–Crippen LogP) is 1.42. The van der Waals surface area contributed by atoms with Crippen LogP contribution >= 0.6 is 11.8 Å². The summed E-state index contributed by atoms with van der Waals surface area (Å²) in [5.41, 5.74) is 6.03. The Bertz CT molecular complexity index is 207. The molecule has 0 saturated carbocycles. The van der Waals surface area contributed by atoms with Crippen LogP contribution in [0.2, 0.25) is 0 Å². The molecule has 1 fully saturated rings. The predicted molar refractivity (Wildman–Crippen MR) is 72.0 cm³/mol. The summed E-state index contributed by atoms with van der Waals surface area (Å²) in [5, 5.41) is 0. The van der Waals surface area contributed by atoms with Crippen molar-refractivity contribution in [3.05, 3.63) is 0 Å². The number of likely N-dealkylation sites (N-methyl/N-ethyl adjacent to an activating group) is 1. The number of hydrogen-bond acceptors (Lipinski definition) is 4. The first-order valence-corrected chi connectivity index (χ1v) is 7.23. The van der Waals surface area contributed by atoms with Gasteiger partial charge in [-0.15, -0.1) is 0 Å². The summed E-state index contributed by atoms with van der Waals surface area (Å²) in [6.07, 6.45) is 1.28. The second-order valence-electron chi connectivity index (χ2n) is 5.02. The van der Waals surface area contributed by atoms with Crippen LogP contribution in [0.4, 0.5) is 0 Å². The molecule has 1 heterocycles. The Hall–Kier alpha value is 0.230. The van der Waals surface area contributed by atoms with Gasteiger partial charge in [0.05, 0.1) is 12.1 Å². The zero-order chi connectivity index (χ0) is 12.2. The van der Waals surface area contributed by atoms with Gasteiger partial charge in [-0.25, -0.2) is 0 Å². The van der Waals surface area contributed by atoms with Gasteiger partial charge in [-0.3, -0.25) is 4.90 Å². The monoisotopic (exact) mass is 246 g/mol. The highest BCUT2D eigenvalue weighted by Gasteiger charge is 2.40. The minimum Gasteiger partial charge on any atom is -0.383 e. The van der Waals surface area contributed by atoms with Gasteiger partial charge in [-0.05, 0) is 25.1 Å². The Morgan fingerprint density at radius 3 is 2.62 bits per heavy atom. The minimum atomic E-state index is -0.00961. The van der Waals surface area contributed by atoms with Gasteiger partial charge in [-0.2, -0.15) is 11.8 Å². The lowest BCUT2D eigenvalue weighted by atomic mass is 9.84. The van der Waals surface area contributed by atoms with Gasteiger partial charge in [0, 0.05) is 25.4 Å². The van der Waals surface area contributed by atoms with Crippen LogP contribution in [0.1, 0.15) is 20.3 Å². The minimum absolute atomic E-state index is 0.00961. The van der Waals surface area contributed by atoms with E-state index in [9.17, 15) is 0 Å². The molecule has 0 aliphatic carbocycles. The van der Waals surface area contributed by atoms with Crippen molar-refractivity contribution in [1.82, 2.24) is 4.90 Å². The normalized spacial score (nSPS) is 25.3. The van der Waals surface area contributed by atoms with Gasteiger partial charge in [0.25, 0.3) is 0 Å². The maximum Gasteiger partial charge on any atom is 0.0661 e. The SMILES string of the molecule is COCC(CN)(C(C)C)N(C)C1CCSC1. The molecular formula is C12H26N2OS. The van der Waals surface area contributed by atoms with E-state index in [4.69, 9.17) is 10.5 Å². The summed E-state index contributed by atoms with van der Waals surface area (Å²) in [6.45, 7) is 5.87. The second kappa shape index (κ2) is 6.24. The maximum atomic E-state index is 6.03. The number of ether oxygens (including phenoxy) is 1. The quantitative estimate of drug-likeness (QED) is 0.769. The van der Waals surface area contributed by atoms with Crippen molar-refractivity contribution in [1.29, 1.82) is 0 Å². The van der Waals surface area contributed by atoms with Crippen LogP contribution in [0.25, 0.3) is 0 Å². The number of nitrogens with zero attached hydrogens (tertiary/aromatic N) is 1. The lowest BCUT2D eigenvalue weighted by Gasteiger charge is -2.46. The van der Waals surface area contributed by atoms with E-state index in [-0.39, 0.29) is 5.54 Å². The van der Waals surface area contributed by atoms with Gasteiger partial charge >= 0.3 is 0 Å². The fraction of sp³-hybridized carbons (Fsp3) is 1.00. The van der Waals surface area contributed by atoms with E-state index in [0.29, 0.717) is 18.5 Å². The first-order chi connectivity index (χ1) is 7.58. The molecule has 1 aliphatic heterocycles. The summed E-state index contributed by atoms with van der Waals surface area (Å²) >= 11 is 2.04. The second-order valence-corrected chi connectivity index (χ2v) is 6.17. The van der Waals surface area contributed by atoms with E-state index >= 15 is 0 Å². The molecule has 0 bridgehead atoms. The molecule has 16 heavy (non-hydrogen) atoms. The summed E-state index contributed by atoms with van der Waals surface area (Å²) in [7, 11) is 3.98. The Kier molecular flexibility index (Phi) is 5.57. The Balaban J connectivity index is 2.80. The zero-order valence-corrected chi connectivity index (χ0v) is 11.8. The maximum absolute atomic E-state index is 6.03. The summed E-state index contributed by atoms with van der Waals surface area (Å²) in [4.78, 5) is 2.47. The molecule has 0 amide bonds. The molecule has 96 valence electrons. The number of nitrogens with two attached hydrogens (primary N) is 1. The molecule has 4 heteroatoms. The van der Waals surface area contributed by atoms with Crippen molar-refractivity contribution in [2.24, 2.45) is 11.7 Å². The Morgan fingerprint density at radius 2 is 2.25 bits per heavy atom. The largest absolute Gasteiger partial charge is 0.383 e. The highest BCUT2D eigenvalue weighted by Crippen LogP contribution is 2.31. The molecule has 0 radical (unpaired) electrons. The molecule has 2 N–H and O–H groups in total. The highest BCUT2D eigenvalue weighted by atomic mass is 32.2. The van der Waals surface area contributed by atoms with E-state index < -0.39 is 0 Å². The number of rotatable bonds is 6. The fourth-order valence-corrected chi connectivity index (χ4v) is 3.82. The van der Waals surface area contributed by atoms with E-state index in [1.807, 2.05) is 11.8 Å². The Labute approximate surface area is 104 Å². The van der Waals surface area contributed by atoms with Crippen LogP contribution in [0.5, 0.6) is 0 Å². The molecule has 0 aromatic carbocycles. The summed E-state index contributed by atoms with van der Waals surface area (Å²) in [6, 6.07) is 0.658. The number of hydrogen-bond donors (Lipinski definition) is 1. The lowest BCUT2D eigenvalue weighted by molar-refractivity contribution is -0.0191. The van der Waals surface area contributed by atoms with E-state index in [0.717, 1.165) is 6.61 Å². The van der Waals surface area contributed by atoms with Gasteiger partial charge in [0.2, 0.25) is 0 Å². The standard InChI is InChI=1S/C12H26N2OS/c1-10(2)12(8-13,9-15-4)14(3)11-5-6-16-7-11/h10-11H,5-9,13H2,1-4H3. The molecule has 0 aromatic heterocycles. The molecule has 2 unspecified atom stereocenters. The van der Waals surface area contributed by atoms with Crippen LogP contribution in [0, 0.1) is 5.92 Å². The average Bonchev–Trinajstić information content (AvgIpc) is 2.77. The fourth-order valence-electron chi connectivity index (χ4n) is 2.56. The molecular weight excluding hydrogens is 220 g/mol. The highest BCUT2D eigenvalue weighted by molar-refractivity contribution is 7.99. The summed E-state index contributed by atoms with van der Waals surface area (Å²) in [5.74, 6) is 3.02. The van der Waals surface area contributed by atoms with Crippen molar-refractivity contribution in [2.45, 2.75) is 31.8 Å². The van der Waals surface area contributed by atoms with Gasteiger partial charge in [0.1, 0.15) is 0 Å². The molecule has 3 nitrogen and oxygen atoms in total. The van der Waals surface area contributed by atoms with Crippen molar-refractivity contribution < 1.29 is 4.74 Å². The molecule has 0 spiro atoms. The first kappa shape index (κ1) is 14.3. The molecule has 1 rings (SSSR count). The van der Waals surface area contributed by atoms with E-state index in [2.05, 4.69) is 25.8 Å². The Morgan fingerprint density at radius 1 is 1.56 bits per heavy atom. The first-order valence-electron chi connectivity index (χ1n) is 6.08. The van der Waals surface area contributed by atoms with E-state index in [1.165, 1.54) is 17.9 Å². The van der Waals surface area contributed by atoms with Crippen molar-refractivity contribution >= 4 is 11.8 Å². The van der Waals surface area contributed by atoms with Crippen molar-refractivity contribution in [3.8, 4) is 0 Å². The smallest absolute Gasteiger partial charge is 0.0661 e. The van der Waals surface area contributed by atoms with Gasteiger partial charge in [0.15, 0.2) is 0 Å². The van der Waals surface area contributed by atoms with Gasteiger partial charge in [-0.1, -0.05) is 13.8 Å². The van der Waals surface area contributed by atoms with Crippen molar-refractivity contribution in [2.75, 3.05) is 38.8 Å². The van der Waals surface area contributed by atoms with Crippen LogP contribution in [0.15, 0.2) is 0 Å². The van der Waals surface area contributed by atoms with Crippen LogP contribution in [0.3, 0.4) is 0 Å². The van der Waals surface area contributed by atoms with Crippen LogP contribution in [-0.4, -0.2) is 55.3 Å². The van der Waals surface area contributed by atoms with Crippen molar-refractivity contribution in [3.63, 3.8) is 0 Å². The third-order valence-electron chi connectivity index (χ3n) is 3.98. The third kappa shape index (κ3) is 2.73. The number of methoxy groups -OCH3 is 1. The topological polar surface area (TPSA) is 38.5 Å². The van der Waals surface area contributed by atoms with E-state index in [1.54, 1.807) is 7.11 Å². The molecule has 0 aromatic rings. The zero-order valence-electron chi connectivity index (χ0n) is 11.0. The molecule has 1 saturated heterocycles. The molecule has 2 atom stereocenters. The molecule has 1 aliphatic rings. The third-order valence-corrected chi connectivity index (χ3v) is 5.12.